The number of fused-ring (bicyclic) bond motifs is 3. The van der Waals surface area contributed by atoms with Crippen LogP contribution in [0.15, 0.2) is 109 Å². The summed E-state index contributed by atoms with van der Waals surface area (Å²) in [6, 6.07) is 38.2. The molecule has 0 fully saturated rings. The maximum atomic E-state index is 5.44. The summed E-state index contributed by atoms with van der Waals surface area (Å²) in [6.07, 6.45) is 0. The number of aromatic nitrogens is 3. The van der Waals surface area contributed by atoms with Gasteiger partial charge in [-0.15, -0.1) is 27.7 Å². The second-order valence-electron chi connectivity index (χ2n) is 16.7. The predicted octanol–water partition coefficient (Wildman–Crippen LogP) is -6.92. The van der Waals surface area contributed by atoms with E-state index in [4.69, 9.17) is 15.0 Å². The lowest BCUT2D eigenvalue weighted by Crippen LogP contribution is -2.56. The Morgan fingerprint density at radius 3 is 1.30 bits per heavy atom. The highest BCUT2D eigenvalue weighted by atomic mass is 32.1. The maximum absolute atomic E-state index is 5.44. The van der Waals surface area contributed by atoms with Crippen LogP contribution in [-0.2, 0) is 0 Å². The van der Waals surface area contributed by atoms with E-state index in [1.807, 2.05) is 11.3 Å². The second-order valence-corrected chi connectivity index (χ2v) is 17.7. The summed E-state index contributed by atoms with van der Waals surface area (Å²) in [5, 5.41) is 2.56. The van der Waals surface area contributed by atoms with Crippen molar-refractivity contribution in [3.63, 3.8) is 0 Å². The first kappa shape index (κ1) is 39.9. The third-order valence-electron chi connectivity index (χ3n) is 13.6. The van der Waals surface area contributed by atoms with Gasteiger partial charge in [0, 0.05) is 31.5 Å². The molecule has 2 aromatic heterocycles. The Labute approximate surface area is 367 Å². The molecule has 0 spiro atoms. The normalized spacial score (nSPS) is 11.4. The Morgan fingerprint density at radius 2 is 0.683 bits per heavy atom. The van der Waals surface area contributed by atoms with Crippen molar-refractivity contribution in [1.29, 1.82) is 0 Å². The van der Waals surface area contributed by atoms with Crippen LogP contribution in [0.2, 0.25) is 0 Å². The van der Waals surface area contributed by atoms with Crippen LogP contribution in [0.1, 0.15) is 0 Å². The third-order valence-corrected chi connectivity index (χ3v) is 15.0. The summed E-state index contributed by atoms with van der Waals surface area (Å²) in [5.74, 6) is 2.02. The zero-order chi connectivity index (χ0) is 42.1. The van der Waals surface area contributed by atoms with Crippen molar-refractivity contribution in [2.45, 2.75) is 0 Å². The van der Waals surface area contributed by atoms with Gasteiger partial charge < -0.3 is 0 Å². The molecule has 9 aromatic rings. The van der Waals surface area contributed by atoms with E-state index in [-0.39, 0.29) is 0 Å². The van der Waals surface area contributed by atoms with Crippen LogP contribution < -0.4 is 60.1 Å². The number of benzene rings is 7. The summed E-state index contributed by atoms with van der Waals surface area (Å²) in [7, 11) is 25.2. The van der Waals surface area contributed by atoms with Gasteiger partial charge in [-0.3, -0.25) is 0 Å². The highest BCUT2D eigenvalue weighted by Gasteiger charge is 2.26. The minimum Gasteiger partial charge on any atom is -0.208 e. The van der Waals surface area contributed by atoms with Crippen molar-refractivity contribution in [3.05, 3.63) is 109 Å². The average Bonchev–Trinajstić information content (AvgIpc) is 3.69. The highest BCUT2D eigenvalue weighted by molar-refractivity contribution is 7.28. The molecule has 0 atom stereocenters. The summed E-state index contributed by atoms with van der Waals surface area (Å²) < 4.78 is 2.64. The van der Waals surface area contributed by atoms with Crippen molar-refractivity contribution < 1.29 is 0 Å². The Balaban J connectivity index is 1.33. The molecule has 0 saturated heterocycles. The molecule has 0 aliphatic carbocycles. The van der Waals surface area contributed by atoms with Crippen LogP contribution in [0.3, 0.4) is 0 Å². The molecule has 0 unspecified atom stereocenters. The van der Waals surface area contributed by atoms with Crippen LogP contribution >= 0.6 is 11.3 Å². The summed E-state index contributed by atoms with van der Waals surface area (Å²) in [4.78, 5) is 16.1. The first-order valence-electron chi connectivity index (χ1n) is 21.0. The Morgan fingerprint density at radius 1 is 0.283 bits per heavy atom. The lowest BCUT2D eigenvalue weighted by molar-refractivity contribution is 1.08. The van der Waals surface area contributed by atoms with Gasteiger partial charge >= 0.3 is 0 Å². The standard InChI is InChI=1S/C45H40B11N3S/c46-30-27(26-31(47)36(52)39(55)37(53)32(26)48)35(51)42-28(33(30)49)25-29(34(50)38(54)40(56)41(25)60-42)45-58-43(22-16-14-21(15-17-22)19-8-3-1-4-9-19)57-44(59-45)24-13-7-12-23(18-24)20-10-5-2-6-11-20/h1-18H,46-56H2. The molecule has 0 saturated carbocycles. The maximum Gasteiger partial charge on any atom is 0.164 e. The molecule has 0 aliphatic rings. The monoisotopic (exact) mass is 775 g/mol. The van der Waals surface area contributed by atoms with E-state index in [1.54, 1.807) is 0 Å². The van der Waals surface area contributed by atoms with E-state index < -0.39 is 0 Å². The molecule has 60 heavy (non-hydrogen) atoms. The first-order valence-corrected chi connectivity index (χ1v) is 21.8. The molecule has 274 valence electrons. The van der Waals surface area contributed by atoms with E-state index in [2.05, 4.69) is 196 Å². The topological polar surface area (TPSA) is 38.7 Å². The molecule has 9 rings (SSSR count). The number of hydrogen-bond acceptors (Lipinski definition) is 4. The Hall–Kier alpha value is -5.52. The third kappa shape index (κ3) is 6.48. The minimum absolute atomic E-state index is 0.660. The van der Waals surface area contributed by atoms with Crippen molar-refractivity contribution >= 4 is 178 Å². The molecule has 2 heterocycles. The molecule has 0 bridgehead atoms. The van der Waals surface area contributed by atoms with Crippen molar-refractivity contribution in [2.24, 2.45) is 0 Å². The highest BCUT2D eigenvalue weighted by Crippen LogP contribution is 2.37. The second kappa shape index (κ2) is 15.5. The number of hydrogen-bond donors (Lipinski definition) is 0. The fourth-order valence-corrected chi connectivity index (χ4v) is 10.8. The lowest BCUT2D eigenvalue weighted by Gasteiger charge is -2.25. The molecule has 0 radical (unpaired) electrons. The van der Waals surface area contributed by atoms with E-state index >= 15 is 0 Å². The molecule has 15 heteroatoms. The lowest BCUT2D eigenvalue weighted by atomic mass is 9.57. The SMILES string of the molecule is Bc1c(B)c(B)c(-c2c(B)c(B)c3c(sc4c(B)c(B)c(B)c(-c5nc(-c6ccc(-c7ccccc7)cc6)nc(-c6cccc(-c7ccccc7)c6)n5)c43)c2B)c(B)c1B. The van der Waals surface area contributed by atoms with Crippen LogP contribution in [-0.4, -0.2) is 101 Å². The molecular weight excluding hydrogens is 734 g/mol. The van der Waals surface area contributed by atoms with Crippen LogP contribution in [0.25, 0.3) is 87.7 Å². The average molecular weight is 774 g/mol. The van der Waals surface area contributed by atoms with Gasteiger partial charge in [-0.05, 0) is 44.8 Å². The largest absolute Gasteiger partial charge is 0.208 e. The van der Waals surface area contributed by atoms with Gasteiger partial charge in [-0.1, -0.05) is 147 Å². The van der Waals surface area contributed by atoms with E-state index in [0.29, 0.717) is 17.5 Å². The van der Waals surface area contributed by atoms with Crippen LogP contribution in [0, 0.1) is 0 Å². The minimum atomic E-state index is 0.660. The van der Waals surface area contributed by atoms with Gasteiger partial charge in [0.05, 0.1) is 0 Å². The summed E-state index contributed by atoms with van der Waals surface area (Å²) >= 11 is 1.93. The van der Waals surface area contributed by atoms with Gasteiger partial charge in [0.25, 0.3) is 0 Å². The van der Waals surface area contributed by atoms with Crippen LogP contribution in [0.4, 0.5) is 0 Å². The number of nitrogens with zero attached hydrogens (tertiary/aromatic N) is 3. The van der Waals surface area contributed by atoms with Crippen molar-refractivity contribution in [3.8, 4) is 67.5 Å². The fourth-order valence-electron chi connectivity index (χ4n) is 9.34. The molecule has 7 aromatic carbocycles. The van der Waals surface area contributed by atoms with Gasteiger partial charge in [0.2, 0.25) is 0 Å². The van der Waals surface area contributed by atoms with Crippen molar-refractivity contribution in [1.82, 2.24) is 15.0 Å². The predicted molar refractivity (Wildman–Crippen MR) is 295 cm³/mol. The van der Waals surface area contributed by atoms with Gasteiger partial charge in [0.1, 0.15) is 86.3 Å². The molecule has 0 N–H and O–H groups in total. The quantitative estimate of drug-likeness (QED) is 0.158. The Bertz CT molecular complexity index is 3180. The van der Waals surface area contributed by atoms with Gasteiger partial charge in [-0.25, -0.2) is 15.0 Å². The molecule has 0 amide bonds. The fraction of sp³-hybridized carbons (Fsp3) is 0. The zero-order valence-electron chi connectivity index (χ0n) is 36.6. The van der Waals surface area contributed by atoms with Crippen molar-refractivity contribution in [2.75, 3.05) is 0 Å². The zero-order valence-corrected chi connectivity index (χ0v) is 37.5. The van der Waals surface area contributed by atoms with E-state index in [1.165, 1.54) is 97.0 Å². The molecule has 0 aliphatic heterocycles. The smallest absolute Gasteiger partial charge is 0.164 e. The van der Waals surface area contributed by atoms with E-state index in [0.717, 1.165) is 33.4 Å². The van der Waals surface area contributed by atoms with Gasteiger partial charge in [0.15, 0.2) is 17.5 Å². The summed E-state index contributed by atoms with van der Waals surface area (Å²) in [6.45, 7) is 0. The molecule has 3 nitrogen and oxygen atoms in total. The number of rotatable bonds is 6. The molecular formula is C45H40B11N3S. The Kier molecular flexibility index (Phi) is 10.3. The van der Waals surface area contributed by atoms with Crippen LogP contribution in [0.5, 0.6) is 0 Å². The summed E-state index contributed by atoms with van der Waals surface area (Å²) in [5.41, 5.74) is 25.1. The van der Waals surface area contributed by atoms with E-state index in [9.17, 15) is 0 Å². The number of thiophene rings is 1. The first-order chi connectivity index (χ1) is 28.8. The van der Waals surface area contributed by atoms with Gasteiger partial charge in [-0.2, -0.15) is 0 Å².